The van der Waals surface area contributed by atoms with E-state index in [-0.39, 0.29) is 18.4 Å². The Hall–Kier alpha value is -1.38. The molecule has 0 aliphatic carbocycles. The molecule has 0 spiro atoms. The number of benzene rings is 1. The number of nitrogens with zero attached hydrogens (tertiary/aromatic N) is 1. The quantitative estimate of drug-likeness (QED) is 0.843. The second-order valence-electron chi connectivity index (χ2n) is 4.19. The minimum Gasteiger partial charge on any atom is -0.324 e. The van der Waals surface area contributed by atoms with Crippen LogP contribution >= 0.6 is 12.4 Å². The summed E-state index contributed by atoms with van der Waals surface area (Å²) in [5.41, 5.74) is 9.42. The summed E-state index contributed by atoms with van der Waals surface area (Å²) in [6, 6.07) is 10.1. The molecule has 0 radical (unpaired) electrons. The van der Waals surface area contributed by atoms with Gasteiger partial charge in [0.1, 0.15) is 0 Å². The van der Waals surface area contributed by atoms with Gasteiger partial charge in [0, 0.05) is 17.6 Å². The molecule has 0 bridgehead atoms. The van der Waals surface area contributed by atoms with Gasteiger partial charge in [-0.1, -0.05) is 23.8 Å². The number of hydrogen-bond acceptors (Lipinski definition) is 2. The summed E-state index contributed by atoms with van der Waals surface area (Å²) in [4.78, 5) is 4.33. The number of nitrogens with two attached hydrogens (primary N) is 1. The number of pyridine rings is 1. The Bertz CT molecular complexity index is 517. The molecule has 1 aromatic carbocycles. The molecule has 1 aromatic heterocycles. The maximum absolute atomic E-state index is 6.17. The number of para-hydroxylation sites is 1. The summed E-state index contributed by atoms with van der Waals surface area (Å²) in [5.74, 6) is 0. The first-order chi connectivity index (χ1) is 7.68. The van der Waals surface area contributed by atoms with Crippen LogP contribution in [0.15, 0.2) is 48.7 Å². The van der Waals surface area contributed by atoms with Crippen molar-refractivity contribution in [3.8, 4) is 0 Å². The van der Waals surface area contributed by atoms with E-state index in [1.807, 2.05) is 37.4 Å². The fourth-order valence-corrected chi connectivity index (χ4v) is 1.93. The molecule has 1 heterocycles. The number of hydrogen-bond donors (Lipinski definition) is 1. The van der Waals surface area contributed by atoms with E-state index in [1.54, 1.807) is 0 Å². The van der Waals surface area contributed by atoms with Gasteiger partial charge in [0.15, 0.2) is 0 Å². The zero-order chi connectivity index (χ0) is 11.5. The van der Waals surface area contributed by atoms with Crippen molar-refractivity contribution in [1.82, 2.24) is 4.98 Å². The molecule has 0 amide bonds. The number of halogens is 1. The van der Waals surface area contributed by atoms with Gasteiger partial charge in [-0.25, -0.2) is 0 Å². The molecule has 0 fully saturated rings. The van der Waals surface area contributed by atoms with Crippen LogP contribution in [0.2, 0.25) is 0 Å². The van der Waals surface area contributed by atoms with Gasteiger partial charge in [-0.2, -0.15) is 0 Å². The first-order valence-electron chi connectivity index (χ1n) is 5.42. The molecular formula is C14H17ClN2. The Morgan fingerprint density at radius 3 is 2.76 bits per heavy atom. The average Bonchev–Trinajstić information content (AvgIpc) is 2.27. The molecule has 17 heavy (non-hydrogen) atoms. The van der Waals surface area contributed by atoms with Crippen molar-refractivity contribution < 1.29 is 0 Å². The van der Waals surface area contributed by atoms with Crippen LogP contribution in [0.5, 0.6) is 0 Å². The first-order valence-corrected chi connectivity index (χ1v) is 5.42. The Morgan fingerprint density at radius 1 is 1.35 bits per heavy atom. The molecule has 0 saturated heterocycles. The van der Waals surface area contributed by atoms with E-state index in [1.165, 1.54) is 0 Å². The van der Waals surface area contributed by atoms with Crippen molar-refractivity contribution in [3.63, 3.8) is 0 Å². The minimum absolute atomic E-state index is 0. The number of fused-ring (bicyclic) bond motifs is 1. The van der Waals surface area contributed by atoms with Crippen LogP contribution in [0.3, 0.4) is 0 Å². The van der Waals surface area contributed by atoms with Crippen molar-refractivity contribution in [3.05, 3.63) is 54.2 Å². The maximum Gasteiger partial charge on any atom is 0.0705 e. The highest BCUT2D eigenvalue weighted by molar-refractivity contribution is 5.85. The second kappa shape index (κ2) is 5.80. The highest BCUT2D eigenvalue weighted by Crippen LogP contribution is 2.24. The lowest BCUT2D eigenvalue weighted by atomic mass is 9.98. The van der Waals surface area contributed by atoms with E-state index >= 15 is 0 Å². The first kappa shape index (κ1) is 13.7. The van der Waals surface area contributed by atoms with E-state index in [4.69, 9.17) is 5.73 Å². The highest BCUT2D eigenvalue weighted by Gasteiger charge is 2.09. The molecule has 2 rings (SSSR count). The Morgan fingerprint density at radius 2 is 2.06 bits per heavy atom. The largest absolute Gasteiger partial charge is 0.324 e. The lowest BCUT2D eigenvalue weighted by Crippen LogP contribution is -2.11. The van der Waals surface area contributed by atoms with Crippen molar-refractivity contribution in [1.29, 1.82) is 0 Å². The lowest BCUT2D eigenvalue weighted by Gasteiger charge is -2.14. The minimum atomic E-state index is 0. The zero-order valence-electron chi connectivity index (χ0n) is 9.89. The lowest BCUT2D eigenvalue weighted by molar-refractivity contribution is 0.722. The van der Waals surface area contributed by atoms with Crippen LogP contribution in [0.25, 0.3) is 10.9 Å². The van der Waals surface area contributed by atoms with Crippen LogP contribution < -0.4 is 5.73 Å². The zero-order valence-corrected chi connectivity index (χ0v) is 10.7. The normalized spacial score (nSPS) is 11.9. The van der Waals surface area contributed by atoms with Crippen LogP contribution in [-0.4, -0.2) is 4.98 Å². The van der Waals surface area contributed by atoms with Gasteiger partial charge in [-0.15, -0.1) is 19.0 Å². The van der Waals surface area contributed by atoms with E-state index < -0.39 is 0 Å². The predicted octanol–water partition coefficient (Wildman–Crippen LogP) is 3.62. The fraction of sp³-hybridized carbons (Fsp3) is 0.214. The van der Waals surface area contributed by atoms with Crippen LogP contribution in [0.4, 0.5) is 0 Å². The molecule has 0 aliphatic heterocycles. The molecule has 0 saturated carbocycles. The third-order valence-electron chi connectivity index (χ3n) is 2.65. The summed E-state index contributed by atoms with van der Waals surface area (Å²) in [6.45, 7) is 5.91. The molecule has 3 heteroatoms. The summed E-state index contributed by atoms with van der Waals surface area (Å²) < 4.78 is 0. The standard InChI is InChI=1S/C14H16N2.ClH/c1-10(2)9-13(15)11-7-8-16-14-6-4-3-5-12(11)14;/h3-8,13H,1,9,15H2,2H3;1H/t13-;/m1./s1. The topological polar surface area (TPSA) is 38.9 Å². The SMILES string of the molecule is C=C(C)C[C@@H](N)c1ccnc2ccccc12.Cl. The van der Waals surface area contributed by atoms with Crippen LogP contribution in [0, 0.1) is 0 Å². The number of aromatic nitrogens is 1. The van der Waals surface area contributed by atoms with Crippen molar-refractivity contribution in [2.75, 3.05) is 0 Å². The Balaban J connectivity index is 0.00000144. The smallest absolute Gasteiger partial charge is 0.0705 e. The van der Waals surface area contributed by atoms with E-state index in [9.17, 15) is 0 Å². The summed E-state index contributed by atoms with van der Waals surface area (Å²) in [6.07, 6.45) is 2.63. The van der Waals surface area contributed by atoms with Gasteiger partial charge in [0.05, 0.1) is 5.52 Å². The highest BCUT2D eigenvalue weighted by atomic mass is 35.5. The van der Waals surface area contributed by atoms with E-state index in [0.29, 0.717) is 0 Å². The van der Waals surface area contributed by atoms with Gasteiger partial charge in [0.25, 0.3) is 0 Å². The average molecular weight is 249 g/mol. The monoisotopic (exact) mass is 248 g/mol. The predicted molar refractivity (Wildman–Crippen MR) is 75.4 cm³/mol. The Kier molecular flexibility index (Phi) is 4.67. The van der Waals surface area contributed by atoms with E-state index in [0.717, 1.165) is 28.5 Å². The molecule has 0 unspecified atom stereocenters. The Labute approximate surface area is 108 Å². The fourth-order valence-electron chi connectivity index (χ4n) is 1.93. The van der Waals surface area contributed by atoms with Crippen molar-refractivity contribution in [2.45, 2.75) is 19.4 Å². The number of rotatable bonds is 3. The molecule has 2 nitrogen and oxygen atoms in total. The molecule has 0 aliphatic rings. The van der Waals surface area contributed by atoms with Crippen LogP contribution in [-0.2, 0) is 0 Å². The van der Waals surface area contributed by atoms with Gasteiger partial charge >= 0.3 is 0 Å². The van der Waals surface area contributed by atoms with Gasteiger partial charge in [-0.05, 0) is 31.0 Å². The van der Waals surface area contributed by atoms with Crippen LogP contribution in [0.1, 0.15) is 24.9 Å². The summed E-state index contributed by atoms with van der Waals surface area (Å²) in [5, 5.41) is 1.14. The van der Waals surface area contributed by atoms with Gasteiger partial charge in [0.2, 0.25) is 0 Å². The summed E-state index contributed by atoms with van der Waals surface area (Å²) >= 11 is 0. The molecule has 2 N–H and O–H groups in total. The van der Waals surface area contributed by atoms with Gasteiger partial charge in [-0.3, -0.25) is 4.98 Å². The summed E-state index contributed by atoms with van der Waals surface area (Å²) in [7, 11) is 0. The third kappa shape index (κ3) is 3.05. The molecular weight excluding hydrogens is 232 g/mol. The third-order valence-corrected chi connectivity index (χ3v) is 2.65. The van der Waals surface area contributed by atoms with Crippen molar-refractivity contribution >= 4 is 23.3 Å². The van der Waals surface area contributed by atoms with E-state index in [2.05, 4.69) is 17.6 Å². The maximum atomic E-state index is 6.17. The van der Waals surface area contributed by atoms with Gasteiger partial charge < -0.3 is 5.73 Å². The second-order valence-corrected chi connectivity index (χ2v) is 4.19. The molecule has 90 valence electrons. The molecule has 2 aromatic rings. The molecule has 1 atom stereocenters. The van der Waals surface area contributed by atoms with Crippen molar-refractivity contribution in [2.24, 2.45) is 5.73 Å².